The van der Waals surface area contributed by atoms with Gasteiger partial charge in [0.25, 0.3) is 0 Å². The van der Waals surface area contributed by atoms with Gasteiger partial charge in [0.15, 0.2) is 0 Å². The lowest BCUT2D eigenvalue weighted by Gasteiger charge is -2.04. The molecule has 0 radical (unpaired) electrons. The molecular weight excluding hydrogens is 212 g/mol. The quantitative estimate of drug-likeness (QED) is 0.754. The highest BCUT2D eigenvalue weighted by Gasteiger charge is 2.12. The highest BCUT2D eigenvalue weighted by molar-refractivity contribution is 6.07. The molecule has 3 nitrogen and oxygen atoms in total. The lowest BCUT2D eigenvalue weighted by Crippen LogP contribution is -2.07. The Balaban J connectivity index is 2.31. The largest absolute Gasteiger partial charge is 0.331 e. The molecule has 1 aromatic carbocycles. The first kappa shape index (κ1) is 11.6. The molecular formula is C14H16N2O. The van der Waals surface area contributed by atoms with E-state index >= 15 is 0 Å². The molecule has 0 aliphatic rings. The lowest BCUT2D eigenvalue weighted by molar-refractivity contribution is 0.103. The van der Waals surface area contributed by atoms with Crippen molar-refractivity contribution in [3.05, 3.63) is 53.6 Å². The van der Waals surface area contributed by atoms with Gasteiger partial charge in [0, 0.05) is 12.6 Å². The number of carbonyl (C=O) groups is 1. The summed E-state index contributed by atoms with van der Waals surface area (Å²) in [6, 6.07) is 7.82. The third kappa shape index (κ3) is 2.44. The Morgan fingerprint density at radius 3 is 2.88 bits per heavy atom. The van der Waals surface area contributed by atoms with E-state index in [1.807, 2.05) is 25.2 Å². The van der Waals surface area contributed by atoms with Gasteiger partial charge in [-0.05, 0) is 18.1 Å². The van der Waals surface area contributed by atoms with Gasteiger partial charge < -0.3 is 4.57 Å². The number of ketones is 1. The minimum atomic E-state index is 0.0305. The zero-order valence-corrected chi connectivity index (χ0v) is 10.2. The fourth-order valence-corrected chi connectivity index (χ4v) is 1.88. The third-order valence-electron chi connectivity index (χ3n) is 2.78. The van der Waals surface area contributed by atoms with Gasteiger partial charge in [-0.3, -0.25) is 4.79 Å². The standard InChI is InChI=1S/C14H16N2O/c1-3-5-11-6-4-7-12(8-11)14(17)13-9-15-10-16(13)2/h4,6-10H,3,5H2,1-2H3. The summed E-state index contributed by atoms with van der Waals surface area (Å²) in [5.74, 6) is 0.0305. The first-order valence-corrected chi connectivity index (χ1v) is 5.82. The molecule has 2 rings (SSSR count). The van der Waals surface area contributed by atoms with Gasteiger partial charge in [-0.2, -0.15) is 0 Å². The van der Waals surface area contributed by atoms with Crippen LogP contribution in [0, 0.1) is 0 Å². The van der Waals surface area contributed by atoms with E-state index in [1.54, 1.807) is 17.1 Å². The molecule has 2 aromatic rings. The number of aryl methyl sites for hydroxylation is 2. The van der Waals surface area contributed by atoms with Crippen molar-refractivity contribution in [1.29, 1.82) is 0 Å². The second-order valence-corrected chi connectivity index (χ2v) is 4.17. The molecule has 0 bridgehead atoms. The number of hydrogen-bond acceptors (Lipinski definition) is 2. The highest BCUT2D eigenvalue weighted by Crippen LogP contribution is 2.12. The minimum absolute atomic E-state index is 0.0305. The van der Waals surface area contributed by atoms with Crippen molar-refractivity contribution in [1.82, 2.24) is 9.55 Å². The number of imidazole rings is 1. The van der Waals surface area contributed by atoms with Crippen LogP contribution in [0.2, 0.25) is 0 Å². The van der Waals surface area contributed by atoms with Gasteiger partial charge in [0.2, 0.25) is 5.78 Å². The Hall–Kier alpha value is -1.90. The number of carbonyl (C=O) groups excluding carboxylic acids is 1. The van der Waals surface area contributed by atoms with E-state index in [-0.39, 0.29) is 5.78 Å². The molecule has 0 saturated carbocycles. The molecule has 1 heterocycles. The average molecular weight is 228 g/mol. The van der Waals surface area contributed by atoms with Crippen LogP contribution in [0.25, 0.3) is 0 Å². The van der Waals surface area contributed by atoms with Crippen molar-refractivity contribution in [2.45, 2.75) is 19.8 Å². The third-order valence-corrected chi connectivity index (χ3v) is 2.78. The fourth-order valence-electron chi connectivity index (χ4n) is 1.88. The Labute approximate surface area is 101 Å². The maximum Gasteiger partial charge on any atom is 0.211 e. The van der Waals surface area contributed by atoms with Crippen molar-refractivity contribution >= 4 is 5.78 Å². The van der Waals surface area contributed by atoms with Crippen molar-refractivity contribution in [3.8, 4) is 0 Å². The van der Waals surface area contributed by atoms with Crippen LogP contribution in [0.3, 0.4) is 0 Å². The SMILES string of the molecule is CCCc1cccc(C(=O)c2cncn2C)c1. The first-order chi connectivity index (χ1) is 8.22. The van der Waals surface area contributed by atoms with E-state index in [0.29, 0.717) is 5.69 Å². The average Bonchev–Trinajstić information content (AvgIpc) is 2.75. The van der Waals surface area contributed by atoms with Crippen LogP contribution in [0.1, 0.15) is 35.0 Å². The van der Waals surface area contributed by atoms with Crippen molar-refractivity contribution in [2.24, 2.45) is 7.05 Å². The molecule has 0 aliphatic heterocycles. The van der Waals surface area contributed by atoms with Gasteiger partial charge in [0.05, 0.1) is 12.5 Å². The molecule has 0 spiro atoms. The summed E-state index contributed by atoms with van der Waals surface area (Å²) in [7, 11) is 1.83. The van der Waals surface area contributed by atoms with Gasteiger partial charge in [-0.25, -0.2) is 4.98 Å². The molecule has 0 unspecified atom stereocenters. The summed E-state index contributed by atoms with van der Waals surface area (Å²) in [5, 5.41) is 0. The van der Waals surface area contributed by atoms with Crippen LogP contribution in [-0.2, 0) is 13.5 Å². The molecule has 17 heavy (non-hydrogen) atoms. The summed E-state index contributed by atoms with van der Waals surface area (Å²) < 4.78 is 1.74. The molecule has 0 aliphatic carbocycles. The van der Waals surface area contributed by atoms with Crippen molar-refractivity contribution in [3.63, 3.8) is 0 Å². The van der Waals surface area contributed by atoms with Gasteiger partial charge in [-0.1, -0.05) is 31.5 Å². The van der Waals surface area contributed by atoms with Crippen LogP contribution in [0.5, 0.6) is 0 Å². The number of hydrogen-bond donors (Lipinski definition) is 0. The van der Waals surface area contributed by atoms with Gasteiger partial charge in [0.1, 0.15) is 5.69 Å². The van der Waals surface area contributed by atoms with Gasteiger partial charge >= 0.3 is 0 Å². The lowest BCUT2D eigenvalue weighted by atomic mass is 10.0. The Morgan fingerprint density at radius 2 is 2.24 bits per heavy atom. The predicted octanol–water partition coefficient (Wildman–Crippen LogP) is 2.60. The van der Waals surface area contributed by atoms with Crippen LogP contribution >= 0.6 is 0 Å². The molecule has 1 aromatic heterocycles. The minimum Gasteiger partial charge on any atom is -0.331 e. The monoisotopic (exact) mass is 228 g/mol. The highest BCUT2D eigenvalue weighted by atomic mass is 16.1. The first-order valence-electron chi connectivity index (χ1n) is 5.82. The van der Waals surface area contributed by atoms with E-state index in [4.69, 9.17) is 0 Å². The molecule has 3 heteroatoms. The van der Waals surface area contributed by atoms with E-state index in [1.165, 1.54) is 5.56 Å². The number of aromatic nitrogens is 2. The summed E-state index contributed by atoms with van der Waals surface area (Å²) in [4.78, 5) is 16.2. The summed E-state index contributed by atoms with van der Waals surface area (Å²) in [6.07, 6.45) is 5.34. The summed E-state index contributed by atoms with van der Waals surface area (Å²) in [5.41, 5.74) is 2.57. The van der Waals surface area contributed by atoms with Crippen LogP contribution in [0.4, 0.5) is 0 Å². The Bertz CT molecular complexity index is 529. The normalized spacial score (nSPS) is 10.5. The fraction of sp³-hybridized carbons (Fsp3) is 0.286. The van der Waals surface area contributed by atoms with E-state index in [9.17, 15) is 4.79 Å². The molecule has 0 atom stereocenters. The maximum atomic E-state index is 12.2. The molecule has 88 valence electrons. The number of rotatable bonds is 4. The summed E-state index contributed by atoms with van der Waals surface area (Å²) in [6.45, 7) is 2.13. The van der Waals surface area contributed by atoms with E-state index in [2.05, 4.69) is 18.0 Å². The molecule has 0 N–H and O–H groups in total. The van der Waals surface area contributed by atoms with Crippen LogP contribution < -0.4 is 0 Å². The zero-order chi connectivity index (χ0) is 12.3. The maximum absolute atomic E-state index is 12.2. The topological polar surface area (TPSA) is 34.9 Å². The Morgan fingerprint density at radius 1 is 1.41 bits per heavy atom. The Kier molecular flexibility index (Phi) is 3.38. The van der Waals surface area contributed by atoms with Crippen LogP contribution in [0.15, 0.2) is 36.8 Å². The summed E-state index contributed by atoms with van der Waals surface area (Å²) >= 11 is 0. The number of nitrogens with zero attached hydrogens (tertiary/aromatic N) is 2. The second kappa shape index (κ2) is 4.95. The van der Waals surface area contributed by atoms with Crippen molar-refractivity contribution < 1.29 is 4.79 Å². The van der Waals surface area contributed by atoms with E-state index < -0.39 is 0 Å². The molecule has 0 fully saturated rings. The zero-order valence-electron chi connectivity index (χ0n) is 10.2. The predicted molar refractivity (Wildman–Crippen MR) is 67.1 cm³/mol. The smallest absolute Gasteiger partial charge is 0.211 e. The van der Waals surface area contributed by atoms with Gasteiger partial charge in [-0.15, -0.1) is 0 Å². The number of benzene rings is 1. The van der Waals surface area contributed by atoms with E-state index in [0.717, 1.165) is 18.4 Å². The molecule has 0 amide bonds. The molecule has 0 saturated heterocycles. The van der Waals surface area contributed by atoms with Crippen molar-refractivity contribution in [2.75, 3.05) is 0 Å². The van der Waals surface area contributed by atoms with Crippen LogP contribution in [-0.4, -0.2) is 15.3 Å². The second-order valence-electron chi connectivity index (χ2n) is 4.17.